The van der Waals surface area contributed by atoms with Crippen LogP contribution in [0.3, 0.4) is 0 Å². The van der Waals surface area contributed by atoms with E-state index in [0.29, 0.717) is 11.2 Å². The molecule has 1 aliphatic heterocycles. The maximum absolute atomic E-state index is 11.9. The van der Waals surface area contributed by atoms with Crippen molar-refractivity contribution in [1.82, 2.24) is 9.38 Å². The SMILES string of the molecule is COC(=O)c1ccn2c(NC(C)(C)C)c(-c3ccc4c(c3)NCC(=O)N4)nc2c1. The van der Waals surface area contributed by atoms with Crippen molar-refractivity contribution < 1.29 is 14.3 Å². The molecule has 8 nitrogen and oxygen atoms in total. The number of hydrogen-bond acceptors (Lipinski definition) is 6. The number of nitrogens with one attached hydrogen (secondary N) is 3. The maximum atomic E-state index is 11.9. The average Bonchev–Trinajstić information content (AvgIpc) is 3.03. The lowest BCUT2D eigenvalue weighted by Crippen LogP contribution is -2.27. The second-order valence-corrected chi connectivity index (χ2v) is 7.98. The summed E-state index contributed by atoms with van der Waals surface area (Å²) in [5.74, 6) is 0.350. The number of hydrogen-bond donors (Lipinski definition) is 3. The Kier molecular flexibility index (Phi) is 4.41. The number of benzene rings is 1. The van der Waals surface area contributed by atoms with E-state index in [-0.39, 0.29) is 18.0 Å². The van der Waals surface area contributed by atoms with Gasteiger partial charge in [0.2, 0.25) is 5.91 Å². The first kappa shape index (κ1) is 18.8. The fraction of sp³-hybridized carbons (Fsp3) is 0.286. The van der Waals surface area contributed by atoms with Gasteiger partial charge in [-0.25, -0.2) is 9.78 Å². The molecule has 29 heavy (non-hydrogen) atoms. The van der Waals surface area contributed by atoms with Gasteiger partial charge in [-0.15, -0.1) is 0 Å². The molecule has 0 atom stereocenters. The highest BCUT2D eigenvalue weighted by atomic mass is 16.5. The molecular formula is C21H23N5O3. The highest BCUT2D eigenvalue weighted by Gasteiger charge is 2.22. The smallest absolute Gasteiger partial charge is 0.338 e. The van der Waals surface area contributed by atoms with E-state index in [9.17, 15) is 9.59 Å². The summed E-state index contributed by atoms with van der Waals surface area (Å²) in [6.45, 7) is 6.45. The molecule has 0 radical (unpaired) electrons. The van der Waals surface area contributed by atoms with Crippen LogP contribution in [0.15, 0.2) is 36.5 Å². The lowest BCUT2D eigenvalue weighted by atomic mass is 10.1. The van der Waals surface area contributed by atoms with Crippen LogP contribution in [-0.2, 0) is 9.53 Å². The first-order valence-corrected chi connectivity index (χ1v) is 9.32. The van der Waals surface area contributed by atoms with Crippen molar-refractivity contribution in [3.05, 3.63) is 42.1 Å². The molecule has 0 unspecified atom stereocenters. The molecule has 0 spiro atoms. The molecule has 0 aliphatic carbocycles. The average molecular weight is 393 g/mol. The van der Waals surface area contributed by atoms with Gasteiger partial charge in [0.05, 0.1) is 30.6 Å². The van der Waals surface area contributed by atoms with Gasteiger partial charge in [0.25, 0.3) is 0 Å². The summed E-state index contributed by atoms with van der Waals surface area (Å²) in [5, 5.41) is 9.49. The molecule has 0 fully saturated rings. The third kappa shape index (κ3) is 3.61. The number of esters is 1. The van der Waals surface area contributed by atoms with Gasteiger partial charge in [0.15, 0.2) is 0 Å². The van der Waals surface area contributed by atoms with Gasteiger partial charge in [-0.2, -0.15) is 0 Å². The molecule has 3 N–H and O–H groups in total. The summed E-state index contributed by atoms with van der Waals surface area (Å²) < 4.78 is 6.74. The highest BCUT2D eigenvalue weighted by molar-refractivity contribution is 6.01. The van der Waals surface area contributed by atoms with Gasteiger partial charge in [0, 0.05) is 17.3 Å². The Bertz CT molecular complexity index is 1130. The first-order chi connectivity index (χ1) is 13.7. The van der Waals surface area contributed by atoms with Crippen LogP contribution in [0.25, 0.3) is 16.9 Å². The van der Waals surface area contributed by atoms with Gasteiger partial charge in [0.1, 0.15) is 17.2 Å². The zero-order chi connectivity index (χ0) is 20.8. The normalized spacial score (nSPS) is 13.4. The van der Waals surface area contributed by atoms with Crippen molar-refractivity contribution >= 4 is 34.7 Å². The number of carbonyl (C=O) groups excluding carboxylic acids is 2. The van der Waals surface area contributed by atoms with Crippen molar-refractivity contribution in [2.24, 2.45) is 0 Å². The van der Waals surface area contributed by atoms with Crippen molar-refractivity contribution in [3.63, 3.8) is 0 Å². The predicted molar refractivity (Wildman–Crippen MR) is 112 cm³/mol. The number of fused-ring (bicyclic) bond motifs is 2. The topological polar surface area (TPSA) is 96.8 Å². The molecule has 8 heteroatoms. The van der Waals surface area contributed by atoms with E-state index in [2.05, 4.69) is 36.7 Å². The number of nitrogens with zero attached hydrogens (tertiary/aromatic N) is 2. The van der Waals surface area contributed by atoms with Gasteiger partial charge < -0.3 is 20.7 Å². The lowest BCUT2D eigenvalue weighted by Gasteiger charge is -2.23. The number of anilines is 3. The van der Waals surface area contributed by atoms with Crippen molar-refractivity contribution in [3.8, 4) is 11.3 Å². The van der Waals surface area contributed by atoms with Crippen LogP contribution in [0, 0.1) is 0 Å². The Morgan fingerprint density at radius 2 is 2.00 bits per heavy atom. The van der Waals surface area contributed by atoms with Crippen molar-refractivity contribution in [1.29, 1.82) is 0 Å². The number of carbonyl (C=O) groups is 2. The molecule has 0 saturated heterocycles. The minimum atomic E-state index is -0.406. The molecule has 0 bridgehead atoms. The second kappa shape index (κ2) is 6.80. The van der Waals surface area contributed by atoms with Gasteiger partial charge in [-0.05, 0) is 45.0 Å². The van der Waals surface area contributed by atoms with Crippen LogP contribution in [-0.4, -0.2) is 40.5 Å². The van der Waals surface area contributed by atoms with Crippen LogP contribution in [0.4, 0.5) is 17.2 Å². The van der Waals surface area contributed by atoms with E-state index in [1.54, 1.807) is 12.1 Å². The van der Waals surface area contributed by atoms with E-state index in [1.807, 2.05) is 28.8 Å². The lowest BCUT2D eigenvalue weighted by molar-refractivity contribution is -0.114. The minimum absolute atomic E-state index is 0.0663. The molecular weight excluding hydrogens is 370 g/mol. The standard InChI is InChI=1S/C21H23N5O3/c1-21(2,3)25-19-18(12-5-6-14-15(9-12)22-11-17(27)23-14)24-16-10-13(20(28)29-4)7-8-26(16)19/h5-10,22,25H,11H2,1-4H3,(H,23,27). The summed E-state index contributed by atoms with van der Waals surface area (Å²) in [4.78, 5) is 28.3. The number of amides is 1. The van der Waals surface area contributed by atoms with Crippen LogP contribution in [0.1, 0.15) is 31.1 Å². The molecule has 0 saturated carbocycles. The quantitative estimate of drug-likeness (QED) is 0.591. The largest absolute Gasteiger partial charge is 0.465 e. The van der Waals surface area contributed by atoms with Gasteiger partial charge in [-0.1, -0.05) is 6.07 Å². The van der Waals surface area contributed by atoms with Gasteiger partial charge in [-0.3, -0.25) is 9.20 Å². The Labute approximate surface area is 168 Å². The van der Waals surface area contributed by atoms with Crippen LogP contribution in [0.2, 0.25) is 0 Å². The Morgan fingerprint density at radius 3 is 2.72 bits per heavy atom. The molecule has 3 aromatic rings. The zero-order valence-electron chi connectivity index (χ0n) is 16.8. The third-order valence-electron chi connectivity index (χ3n) is 4.55. The fourth-order valence-corrected chi connectivity index (χ4v) is 3.28. The summed E-state index contributed by atoms with van der Waals surface area (Å²) in [5.41, 5.74) is 4.10. The van der Waals surface area contributed by atoms with E-state index in [1.165, 1.54) is 7.11 Å². The minimum Gasteiger partial charge on any atom is -0.465 e. The third-order valence-corrected chi connectivity index (χ3v) is 4.55. The Morgan fingerprint density at radius 1 is 1.21 bits per heavy atom. The number of rotatable bonds is 3. The predicted octanol–water partition coefficient (Wildman–Crippen LogP) is 3.36. The number of aromatic nitrogens is 2. The van der Waals surface area contributed by atoms with Crippen molar-refractivity contribution in [2.75, 3.05) is 29.6 Å². The van der Waals surface area contributed by atoms with Crippen LogP contribution < -0.4 is 16.0 Å². The van der Waals surface area contributed by atoms with E-state index in [4.69, 9.17) is 9.72 Å². The first-order valence-electron chi connectivity index (χ1n) is 9.32. The number of ether oxygens (including phenoxy) is 1. The van der Waals surface area contributed by atoms with Gasteiger partial charge >= 0.3 is 5.97 Å². The second-order valence-electron chi connectivity index (χ2n) is 7.98. The van der Waals surface area contributed by atoms with E-state index < -0.39 is 5.97 Å². The molecule has 150 valence electrons. The number of pyridine rings is 1. The molecule has 1 aliphatic rings. The number of methoxy groups -OCH3 is 1. The Hall–Kier alpha value is -3.55. The summed E-state index contributed by atoms with van der Waals surface area (Å²) in [6.07, 6.45) is 1.81. The van der Waals surface area contributed by atoms with Crippen molar-refractivity contribution in [2.45, 2.75) is 26.3 Å². The molecule has 2 aromatic heterocycles. The summed E-state index contributed by atoms with van der Waals surface area (Å²) >= 11 is 0. The van der Waals surface area contributed by atoms with E-state index in [0.717, 1.165) is 28.5 Å². The zero-order valence-corrected chi connectivity index (χ0v) is 16.8. The number of imidazole rings is 1. The highest BCUT2D eigenvalue weighted by Crippen LogP contribution is 2.35. The van der Waals surface area contributed by atoms with Crippen LogP contribution in [0.5, 0.6) is 0 Å². The monoisotopic (exact) mass is 393 g/mol. The molecule has 1 amide bonds. The molecule has 3 heterocycles. The van der Waals surface area contributed by atoms with Crippen LogP contribution >= 0.6 is 0 Å². The fourth-order valence-electron chi connectivity index (χ4n) is 3.28. The Balaban J connectivity index is 1.87. The molecule has 1 aromatic carbocycles. The summed E-state index contributed by atoms with van der Waals surface area (Å²) in [6, 6.07) is 9.16. The maximum Gasteiger partial charge on any atom is 0.338 e. The summed E-state index contributed by atoms with van der Waals surface area (Å²) in [7, 11) is 1.36. The van der Waals surface area contributed by atoms with E-state index >= 15 is 0 Å². The molecule has 4 rings (SSSR count).